The van der Waals surface area contributed by atoms with Crippen molar-refractivity contribution in [3.05, 3.63) is 11.6 Å². The highest BCUT2D eigenvalue weighted by atomic mass is 16.5. The van der Waals surface area contributed by atoms with Crippen molar-refractivity contribution in [3.8, 4) is 0 Å². The second-order valence-corrected chi connectivity index (χ2v) is 9.69. The summed E-state index contributed by atoms with van der Waals surface area (Å²) in [5, 5.41) is 0. The molecule has 0 atom stereocenters. The van der Waals surface area contributed by atoms with Crippen LogP contribution >= 0.6 is 0 Å². The molecule has 0 aliphatic heterocycles. The Bertz CT molecular complexity index is 420. The van der Waals surface area contributed by atoms with Crippen molar-refractivity contribution >= 4 is 5.97 Å². The summed E-state index contributed by atoms with van der Waals surface area (Å²) < 4.78 is 5.46. The molecule has 0 N–H and O–H groups in total. The Kier molecular flexibility index (Phi) is 18.3. The summed E-state index contributed by atoms with van der Waals surface area (Å²) in [7, 11) is 0. The molecule has 0 radical (unpaired) electrons. The molecule has 0 heterocycles. The van der Waals surface area contributed by atoms with Gasteiger partial charge in [0.25, 0.3) is 0 Å². The molecule has 0 unspecified atom stereocenters. The minimum atomic E-state index is -0.0958. The van der Waals surface area contributed by atoms with Crippen molar-refractivity contribution in [2.24, 2.45) is 5.92 Å². The number of carbonyl (C=O) groups is 1. The van der Waals surface area contributed by atoms with Gasteiger partial charge in [0.05, 0.1) is 6.61 Å². The molecule has 1 fully saturated rings. The summed E-state index contributed by atoms with van der Waals surface area (Å²) in [6, 6.07) is 0. The number of hydrogen-bond donors (Lipinski definition) is 0. The molecule has 2 heteroatoms. The first-order valence-corrected chi connectivity index (χ1v) is 13.6. The third-order valence-electron chi connectivity index (χ3n) is 6.69. The summed E-state index contributed by atoms with van der Waals surface area (Å²) in [6.45, 7) is 4.80. The highest BCUT2D eigenvalue weighted by Crippen LogP contribution is 2.25. The molecular formula is C28H52O2. The van der Waals surface area contributed by atoms with Gasteiger partial charge in [-0.15, -0.1) is 0 Å². The Morgan fingerprint density at radius 1 is 0.700 bits per heavy atom. The van der Waals surface area contributed by atoms with E-state index in [0.717, 1.165) is 12.0 Å². The van der Waals surface area contributed by atoms with E-state index in [1.165, 1.54) is 128 Å². The van der Waals surface area contributed by atoms with E-state index in [0.29, 0.717) is 12.5 Å². The zero-order valence-corrected chi connectivity index (χ0v) is 20.5. The van der Waals surface area contributed by atoms with Crippen LogP contribution in [-0.4, -0.2) is 12.6 Å². The molecule has 0 aromatic heterocycles. The predicted molar refractivity (Wildman–Crippen MR) is 131 cm³/mol. The topological polar surface area (TPSA) is 26.3 Å². The van der Waals surface area contributed by atoms with Crippen LogP contribution in [0.25, 0.3) is 0 Å². The van der Waals surface area contributed by atoms with E-state index in [9.17, 15) is 4.79 Å². The Hall–Kier alpha value is -0.790. The lowest BCUT2D eigenvalue weighted by Crippen LogP contribution is -2.10. The quantitative estimate of drug-likeness (QED) is 0.118. The number of rotatable bonds is 19. The molecule has 0 saturated heterocycles. The van der Waals surface area contributed by atoms with Gasteiger partial charge in [-0.25, -0.2) is 4.79 Å². The summed E-state index contributed by atoms with van der Waals surface area (Å²) >= 11 is 0. The van der Waals surface area contributed by atoms with Crippen LogP contribution in [0.4, 0.5) is 0 Å². The van der Waals surface area contributed by atoms with Gasteiger partial charge in [0, 0.05) is 5.57 Å². The lowest BCUT2D eigenvalue weighted by atomic mass is 9.88. The molecule has 30 heavy (non-hydrogen) atoms. The van der Waals surface area contributed by atoms with Crippen LogP contribution < -0.4 is 0 Å². The van der Waals surface area contributed by atoms with Gasteiger partial charge < -0.3 is 4.74 Å². The largest absolute Gasteiger partial charge is 0.462 e. The third-order valence-corrected chi connectivity index (χ3v) is 6.69. The van der Waals surface area contributed by atoms with Gasteiger partial charge in [0.1, 0.15) is 0 Å². The van der Waals surface area contributed by atoms with Gasteiger partial charge in [-0.3, -0.25) is 0 Å². The van der Waals surface area contributed by atoms with E-state index >= 15 is 0 Å². The predicted octanol–water partition coefficient (Wildman–Crippen LogP) is 9.32. The van der Waals surface area contributed by atoms with E-state index in [1.807, 2.05) is 6.92 Å². The van der Waals surface area contributed by atoms with E-state index in [-0.39, 0.29) is 5.97 Å². The number of allylic oxidation sites excluding steroid dienone is 1. The fourth-order valence-corrected chi connectivity index (χ4v) is 4.65. The minimum absolute atomic E-state index is 0.0958. The number of esters is 1. The van der Waals surface area contributed by atoms with Crippen molar-refractivity contribution in [3.63, 3.8) is 0 Å². The Morgan fingerprint density at radius 3 is 1.60 bits per heavy atom. The van der Waals surface area contributed by atoms with Gasteiger partial charge in [0.2, 0.25) is 0 Å². The van der Waals surface area contributed by atoms with E-state index in [2.05, 4.69) is 13.0 Å². The first-order valence-electron chi connectivity index (χ1n) is 13.6. The van der Waals surface area contributed by atoms with Crippen LogP contribution in [-0.2, 0) is 9.53 Å². The molecule has 0 aromatic carbocycles. The van der Waals surface area contributed by atoms with Gasteiger partial charge in [0.15, 0.2) is 0 Å². The average molecular weight is 421 g/mol. The summed E-state index contributed by atoms with van der Waals surface area (Å²) in [4.78, 5) is 12.1. The molecule has 1 aliphatic carbocycles. The first kappa shape index (κ1) is 27.2. The maximum absolute atomic E-state index is 12.1. The lowest BCUT2D eigenvalue weighted by Gasteiger charge is -2.18. The second-order valence-electron chi connectivity index (χ2n) is 9.69. The molecule has 0 aromatic rings. The molecule has 0 spiro atoms. The molecule has 1 aliphatic rings. The highest BCUT2D eigenvalue weighted by Gasteiger charge is 2.13. The monoisotopic (exact) mass is 420 g/mol. The standard InChI is InChI=1S/C28H52O2/c1-3-4-5-6-7-8-9-10-11-12-13-14-15-16-17-21-24-30-28(29)26(2)25-27-22-19-18-20-23-27/h25,27H,3-24H2,1-2H3. The van der Waals surface area contributed by atoms with Crippen LogP contribution in [0.3, 0.4) is 0 Å². The molecule has 1 rings (SSSR count). The summed E-state index contributed by atoms with van der Waals surface area (Å²) in [5.74, 6) is 0.503. The van der Waals surface area contributed by atoms with Crippen LogP contribution in [0.2, 0.25) is 0 Å². The fourth-order valence-electron chi connectivity index (χ4n) is 4.65. The minimum Gasteiger partial charge on any atom is -0.462 e. The van der Waals surface area contributed by atoms with Crippen molar-refractivity contribution in [1.29, 1.82) is 0 Å². The SMILES string of the molecule is CCCCCCCCCCCCCCCCCCOC(=O)C(C)=CC1CCCCC1. The zero-order chi connectivity index (χ0) is 21.7. The number of ether oxygens (including phenoxy) is 1. The van der Waals surface area contributed by atoms with Gasteiger partial charge in [-0.1, -0.05) is 129 Å². The van der Waals surface area contributed by atoms with Crippen molar-refractivity contribution in [1.82, 2.24) is 0 Å². The fraction of sp³-hybridized carbons (Fsp3) is 0.893. The number of unbranched alkanes of at least 4 members (excludes halogenated alkanes) is 15. The van der Waals surface area contributed by atoms with E-state index in [4.69, 9.17) is 4.74 Å². The van der Waals surface area contributed by atoms with Crippen molar-refractivity contribution < 1.29 is 9.53 Å². The summed E-state index contributed by atoms with van der Waals surface area (Å²) in [6.07, 6.45) is 30.5. The molecule has 1 saturated carbocycles. The van der Waals surface area contributed by atoms with Crippen molar-refractivity contribution in [2.45, 2.75) is 149 Å². The number of hydrogen-bond acceptors (Lipinski definition) is 2. The second kappa shape index (κ2) is 20.1. The van der Waals surface area contributed by atoms with Crippen LogP contribution in [0.5, 0.6) is 0 Å². The average Bonchev–Trinajstić information content (AvgIpc) is 2.76. The molecule has 0 bridgehead atoms. The Balaban J connectivity index is 1.81. The molecule has 176 valence electrons. The smallest absolute Gasteiger partial charge is 0.333 e. The maximum atomic E-state index is 12.1. The van der Waals surface area contributed by atoms with Crippen LogP contribution in [0.1, 0.15) is 149 Å². The maximum Gasteiger partial charge on any atom is 0.333 e. The molecule has 2 nitrogen and oxygen atoms in total. The van der Waals surface area contributed by atoms with E-state index < -0.39 is 0 Å². The number of carbonyl (C=O) groups excluding carboxylic acids is 1. The van der Waals surface area contributed by atoms with Crippen LogP contribution in [0.15, 0.2) is 11.6 Å². The van der Waals surface area contributed by atoms with Crippen molar-refractivity contribution in [2.75, 3.05) is 6.61 Å². The molecule has 0 amide bonds. The van der Waals surface area contributed by atoms with Gasteiger partial charge in [-0.2, -0.15) is 0 Å². The zero-order valence-electron chi connectivity index (χ0n) is 20.5. The third kappa shape index (κ3) is 16.0. The normalized spacial score (nSPS) is 15.5. The first-order chi connectivity index (χ1) is 14.7. The van der Waals surface area contributed by atoms with Gasteiger partial charge in [-0.05, 0) is 32.1 Å². The Morgan fingerprint density at radius 2 is 1.13 bits per heavy atom. The summed E-state index contributed by atoms with van der Waals surface area (Å²) in [5.41, 5.74) is 0.818. The van der Waals surface area contributed by atoms with Crippen LogP contribution in [0, 0.1) is 5.92 Å². The van der Waals surface area contributed by atoms with E-state index in [1.54, 1.807) is 0 Å². The van der Waals surface area contributed by atoms with Gasteiger partial charge >= 0.3 is 5.97 Å². The highest BCUT2D eigenvalue weighted by molar-refractivity contribution is 5.87. The molecular weight excluding hydrogens is 368 g/mol. The lowest BCUT2D eigenvalue weighted by molar-refractivity contribution is -0.139. The Labute approximate surface area is 188 Å².